The van der Waals surface area contributed by atoms with Gasteiger partial charge in [0.15, 0.2) is 16.6 Å². The number of benzene rings is 9. The van der Waals surface area contributed by atoms with Crippen LogP contribution in [0.5, 0.6) is 17.2 Å². The van der Waals surface area contributed by atoms with Crippen LogP contribution in [-0.4, -0.2) is 163 Å². The monoisotopic (exact) mass is 2340 g/mol. The molecular formula is C106H98BrCl2CuIN15O16P2Pd. The Balaban J connectivity index is 0.000000148. The molecule has 0 unspecified atom stereocenters. The average Bonchev–Trinajstić information content (AvgIpc) is 1.60. The molecule has 39 heteroatoms. The normalized spacial score (nSPS) is 16.5. The zero-order chi connectivity index (χ0) is 104. The first-order chi connectivity index (χ1) is 69.7. The molecule has 145 heavy (non-hydrogen) atoms. The molecule has 6 aliphatic heterocycles. The number of terminal acetylenes is 1. The van der Waals surface area contributed by atoms with Crippen LogP contribution in [0.4, 0.5) is 29.7 Å². The Morgan fingerprint density at radius 3 is 1.18 bits per heavy atom. The van der Waals surface area contributed by atoms with Crippen LogP contribution in [0.3, 0.4) is 0 Å². The van der Waals surface area contributed by atoms with E-state index in [1.807, 2.05) is 32.9 Å². The van der Waals surface area contributed by atoms with Crippen molar-refractivity contribution in [3.05, 3.63) is 353 Å². The molecule has 14 aromatic rings. The summed E-state index contributed by atoms with van der Waals surface area (Å²) < 4.78 is 28.1. The molecule has 31 nitrogen and oxygen atoms in total. The number of hydrogen-bond donors (Lipinski definition) is 8. The zero-order valence-corrected chi connectivity index (χ0v) is 88.9. The Morgan fingerprint density at radius 2 is 0.821 bits per heavy atom. The molecule has 752 valence electrons. The summed E-state index contributed by atoms with van der Waals surface area (Å²) in [4.78, 5) is 158. The number of amides is 13. The molecule has 13 amide bonds. The second-order valence-corrected chi connectivity index (χ2v) is 42.3. The molecule has 3 atom stereocenters. The van der Waals surface area contributed by atoms with E-state index >= 15 is 0 Å². The Morgan fingerprint density at radius 1 is 0.462 bits per heavy atom. The van der Waals surface area contributed by atoms with Crippen molar-refractivity contribution in [2.45, 2.75) is 89.0 Å². The van der Waals surface area contributed by atoms with Crippen LogP contribution in [0.15, 0.2) is 308 Å². The number of halogens is 4. The number of aromatic amines is 1. The molecule has 9 aromatic carbocycles. The van der Waals surface area contributed by atoms with Crippen LogP contribution in [0.2, 0.25) is 0 Å². The van der Waals surface area contributed by atoms with Gasteiger partial charge >= 0.3 is 98.4 Å². The molecule has 6 aliphatic rings. The molecule has 0 spiro atoms. The summed E-state index contributed by atoms with van der Waals surface area (Å²) in [6.45, 7) is 11.2. The molecule has 0 radical (unpaired) electrons. The molecule has 5 aromatic heterocycles. The summed E-state index contributed by atoms with van der Waals surface area (Å²) in [5, 5.41) is 25.4. The number of carbonyl (C=O) groups is 11. The number of fused-ring (bicyclic) bond motifs is 5. The summed E-state index contributed by atoms with van der Waals surface area (Å²) in [6.07, 6.45) is 9.01. The maximum absolute atomic E-state index is 13.4. The van der Waals surface area contributed by atoms with Gasteiger partial charge in [-0.2, -0.15) is 0 Å². The summed E-state index contributed by atoms with van der Waals surface area (Å²) in [6, 6.07) is 92.0. The van der Waals surface area contributed by atoms with Crippen LogP contribution in [-0.2, 0) is 83.3 Å². The van der Waals surface area contributed by atoms with Crippen molar-refractivity contribution in [2.75, 3.05) is 46.3 Å². The summed E-state index contributed by atoms with van der Waals surface area (Å²) in [5.74, 6) is 1.35. The van der Waals surface area contributed by atoms with Gasteiger partial charge in [0.05, 0.1) is 80.1 Å². The number of aromatic nitrogens is 5. The predicted molar refractivity (Wildman–Crippen MR) is 563 cm³/mol. The second kappa shape index (κ2) is 49.2. The number of anilines is 1. The maximum Gasteiger partial charge on any atom is -0.0134 e. The number of pyridine rings is 3. The van der Waals surface area contributed by atoms with Gasteiger partial charge in [-0.25, -0.2) is 33.5 Å². The van der Waals surface area contributed by atoms with Crippen LogP contribution in [0.1, 0.15) is 101 Å². The van der Waals surface area contributed by atoms with Gasteiger partial charge in [-0.15, -0.1) is 6.42 Å². The third kappa shape index (κ3) is 26.3. The van der Waals surface area contributed by atoms with Crippen molar-refractivity contribution in [3.63, 3.8) is 0 Å². The van der Waals surface area contributed by atoms with Crippen LogP contribution in [0.25, 0.3) is 22.1 Å². The van der Waals surface area contributed by atoms with Gasteiger partial charge in [0.1, 0.15) is 33.1 Å². The molecule has 0 bridgehead atoms. The minimum atomic E-state index is -1.77. The van der Waals surface area contributed by atoms with Crippen molar-refractivity contribution in [3.8, 4) is 29.6 Å². The van der Waals surface area contributed by atoms with Gasteiger partial charge in [0.25, 0.3) is 35.4 Å². The standard InChI is InChI=1S/C25H25N5O6.C20H17N5O4.2C18H15P.C15H13N3O4.C10H13BrN2O2.2ClH.Cu.HI.Pd/c1-24(2,3)36-23(34)30-18-6-5-9-26-17(18)11-19(30)25(21(32)27-22(33)28-25)13-29-12-14-7-8-15(35-4)10-16(14)20(29)31;1-29-12-5-4-11-9-25(17(26)13(11)7-12)10-20(18(27)23-19(28)24-20)16-8-15-14(22-16)3-2-6-21-15;2*1-4-10-16(11-5-1)19(17-12-6-2-7-13-17)18-14-8-3-9-15-18;1-3-15(13(20)16-14(21)17-15)8-18-7-9-4-5-10(22-2)6-11(9)12(18)19;1-10(2,3)15-9(14)13-7-5-4-6-12-8(7)11;;;;;/h5-11H,12-13H2,1-4H3,(H2,27,28,32,33);2-8,22H,9-10H2,1H3,(H2,23,24,27,28);2*1-15H;1,4-6H,7-8H2,2H3,(H2,16,17,20,21);4-6H,1-3H3,(H,13,14);2*1H;;1H;/q;;;;;;;;+1;;+2/p-3/t25-;20-;;;15-;;;;;;/m00..1....../s1. The van der Waals surface area contributed by atoms with Crippen molar-refractivity contribution in [1.82, 2.24) is 71.1 Å². The van der Waals surface area contributed by atoms with Crippen molar-refractivity contribution >= 4 is 196 Å². The summed E-state index contributed by atoms with van der Waals surface area (Å²) in [5.41, 5.74) is 1.27. The number of carbonyl (C=O) groups excluding carboxylic acids is 11. The number of nitrogens with one attached hydrogen (secondary N) is 8. The molecule has 3 fully saturated rings. The predicted octanol–water partition coefficient (Wildman–Crippen LogP) is 16.0. The van der Waals surface area contributed by atoms with Crippen LogP contribution in [0, 0.1) is 12.3 Å². The van der Waals surface area contributed by atoms with E-state index in [2.05, 4.69) is 274 Å². The Hall–Kier alpha value is -13.7. The topological polar surface area (TPSA) is 387 Å². The SMILES string of the molecule is C#C[C@]1(CN2Cc3ccc(OC)cc3C2=O)NC(=O)NC1=O.CC(C)(C)OC(=O)Nc1cccnc1Br.COc1ccc2c(c1)C(=O)N(C[C@@]1(c3cc4ncccc4[nH]3)NC(=O)NC1=O)C2.COc1ccc2c(c1)C(=O)N(C[C@@]1(c3cc4ncccc4n3C(=O)OC(C)(C)C)NC(=O)NC1=O)C2.[Cl][Pd][Cl].[Cu][I].c1ccc(P(c2ccccc2)c2ccccc2)cc1.c1ccc(P(c2ccccc2)c2ccccc2)cc1. The van der Waals surface area contributed by atoms with Gasteiger partial charge in [0.2, 0.25) is 0 Å². The van der Waals surface area contributed by atoms with E-state index in [4.69, 9.17) is 49.2 Å². The van der Waals surface area contributed by atoms with E-state index in [0.717, 1.165) is 22.2 Å². The third-order valence-electron chi connectivity index (χ3n) is 22.9. The van der Waals surface area contributed by atoms with E-state index in [1.165, 1.54) is 67.5 Å². The summed E-state index contributed by atoms with van der Waals surface area (Å²) in [7, 11) is 13.3. The molecule has 0 aliphatic carbocycles. The number of imide groups is 3. The minimum absolute atomic E-state index is 0.0206. The quantitative estimate of drug-likeness (QED) is 0.00987. The van der Waals surface area contributed by atoms with E-state index in [9.17, 15) is 52.7 Å². The zero-order valence-electron chi connectivity index (χ0n) is 79.4. The van der Waals surface area contributed by atoms with Gasteiger partial charge < -0.3 is 59.3 Å². The van der Waals surface area contributed by atoms with E-state index in [-0.39, 0.29) is 65.5 Å². The first kappa shape index (κ1) is 109. The van der Waals surface area contributed by atoms with Crippen molar-refractivity contribution in [1.29, 1.82) is 0 Å². The third-order valence-corrected chi connectivity index (χ3v) is 28.4. The Bertz CT molecular complexity index is 6790. The largest absolute Gasteiger partial charge is 0.0622 e. The average molecular weight is 2350 g/mol. The molecule has 0 saturated carbocycles. The van der Waals surface area contributed by atoms with Crippen LogP contribution < -0.4 is 83.3 Å². The van der Waals surface area contributed by atoms with E-state index in [0.29, 0.717) is 79.6 Å². The second-order valence-electron chi connectivity index (χ2n) is 34.7. The number of ether oxygens (including phenoxy) is 5. The number of nitrogens with zero attached hydrogens (tertiary/aromatic N) is 7. The number of H-pyrrole nitrogens is 1. The van der Waals surface area contributed by atoms with Gasteiger partial charge in [-0.1, -0.05) is 206 Å². The number of rotatable bonds is 18. The number of methoxy groups -OCH3 is 3. The van der Waals surface area contributed by atoms with Gasteiger partial charge in [0, 0.05) is 54.9 Å². The van der Waals surface area contributed by atoms with Gasteiger partial charge in [-0.3, -0.25) is 60.0 Å². The molecule has 20 rings (SSSR count). The van der Waals surface area contributed by atoms with Crippen molar-refractivity contribution in [2.24, 2.45) is 0 Å². The number of urea groups is 3. The van der Waals surface area contributed by atoms with Gasteiger partial charge in [-0.05, 0) is 207 Å². The fourth-order valence-electron chi connectivity index (χ4n) is 16.4. The minimum Gasteiger partial charge on any atom is -0.0622 e. The molecule has 3 saturated heterocycles. The molecule has 11 heterocycles. The Kier molecular flexibility index (Phi) is 36.9. The Labute approximate surface area is 883 Å². The smallest absolute Gasteiger partial charge is 0.0134 e. The molecular weight excluding hydrogens is 2250 g/mol. The first-order valence-corrected chi connectivity index (χ1v) is 55.1. The fraction of sp³-hybridized carbons (Fsp3) is 0.189. The van der Waals surface area contributed by atoms with Crippen molar-refractivity contribution < 1.29 is 105 Å². The maximum atomic E-state index is 13.4. The fourth-order valence-corrected chi connectivity index (χ4v) is 21.4. The first-order valence-electron chi connectivity index (χ1n) is 44.6. The van der Waals surface area contributed by atoms with E-state index < -0.39 is 91.7 Å². The summed E-state index contributed by atoms with van der Waals surface area (Å²) >= 11 is 8.99. The van der Waals surface area contributed by atoms with E-state index in [1.54, 1.807) is 156 Å². The number of hydrogen-bond acceptors (Lipinski definition) is 19. The molecule has 8 N–H and O–H groups in total. The van der Waals surface area contributed by atoms with Crippen LogP contribution >= 0.6 is 71.2 Å².